The van der Waals surface area contributed by atoms with Crippen molar-refractivity contribution in [3.05, 3.63) is 117 Å². The molecule has 0 radical (unpaired) electrons. The number of nitrogens with zero attached hydrogens (tertiary/aromatic N) is 2. The van der Waals surface area contributed by atoms with Crippen LogP contribution in [-0.2, 0) is 6.54 Å². The topological polar surface area (TPSA) is 63.4 Å². The molecule has 0 bridgehead atoms. The third-order valence-electron chi connectivity index (χ3n) is 5.87. The number of amides is 1. The van der Waals surface area contributed by atoms with E-state index in [9.17, 15) is 9.59 Å². The van der Waals surface area contributed by atoms with Gasteiger partial charge in [0.25, 0.3) is 5.91 Å². The van der Waals surface area contributed by atoms with Crippen LogP contribution in [0.5, 0.6) is 0 Å². The maximum absolute atomic E-state index is 13.9. The van der Waals surface area contributed by atoms with Gasteiger partial charge in [-0.1, -0.05) is 87.9 Å². The minimum Gasteiger partial charge on any atom is -0.422 e. The molecule has 0 aliphatic carbocycles. The van der Waals surface area contributed by atoms with Gasteiger partial charge in [0, 0.05) is 9.86 Å². The molecule has 0 unspecified atom stereocenters. The van der Waals surface area contributed by atoms with Crippen LogP contribution in [0.1, 0.15) is 15.9 Å². The van der Waals surface area contributed by atoms with Crippen molar-refractivity contribution in [1.29, 1.82) is 0 Å². The molecule has 0 spiro atoms. The van der Waals surface area contributed by atoms with Crippen molar-refractivity contribution < 1.29 is 9.21 Å². The second-order valence-electron chi connectivity index (χ2n) is 8.13. The molecule has 0 aliphatic heterocycles. The highest BCUT2D eigenvalue weighted by atomic mass is 79.9. The van der Waals surface area contributed by atoms with Gasteiger partial charge in [-0.05, 0) is 46.7 Å². The number of rotatable bonds is 4. The molecule has 6 rings (SSSR count). The maximum atomic E-state index is 13.9. The number of carbonyl (C=O) groups excluding carboxylic acids is 1. The molecule has 0 saturated carbocycles. The third-order valence-corrected chi connectivity index (χ3v) is 7.41. The lowest BCUT2D eigenvalue weighted by atomic mass is 10.0. The van der Waals surface area contributed by atoms with Crippen LogP contribution in [0.15, 0.2) is 105 Å². The predicted octanol–water partition coefficient (Wildman–Crippen LogP) is 7.17. The first kappa shape index (κ1) is 21.7. The van der Waals surface area contributed by atoms with E-state index in [1.807, 2.05) is 78.9 Å². The number of halogens is 1. The van der Waals surface area contributed by atoms with Crippen LogP contribution in [0.3, 0.4) is 0 Å². The zero-order chi connectivity index (χ0) is 23.9. The van der Waals surface area contributed by atoms with Crippen molar-refractivity contribution in [3.8, 4) is 0 Å². The number of hydrogen-bond donors (Lipinski definition) is 0. The zero-order valence-electron chi connectivity index (χ0n) is 18.3. The fraction of sp³-hybridized carbons (Fsp3) is 0.0357. The van der Waals surface area contributed by atoms with Gasteiger partial charge in [-0.2, -0.15) is 0 Å². The lowest BCUT2D eigenvalue weighted by Gasteiger charge is -2.20. The van der Waals surface area contributed by atoms with E-state index in [-0.39, 0.29) is 12.1 Å². The monoisotopic (exact) mass is 540 g/mol. The summed E-state index contributed by atoms with van der Waals surface area (Å²) in [4.78, 5) is 33.2. The van der Waals surface area contributed by atoms with Crippen molar-refractivity contribution in [2.45, 2.75) is 6.54 Å². The number of benzene rings is 4. The molecular weight excluding hydrogens is 524 g/mol. The van der Waals surface area contributed by atoms with Gasteiger partial charge in [-0.25, -0.2) is 9.78 Å². The Kier molecular flexibility index (Phi) is 5.43. The number of aromatic nitrogens is 1. The normalized spacial score (nSPS) is 11.3. The molecule has 170 valence electrons. The van der Waals surface area contributed by atoms with Crippen molar-refractivity contribution in [3.63, 3.8) is 0 Å². The fourth-order valence-corrected chi connectivity index (χ4v) is 5.68. The summed E-state index contributed by atoms with van der Waals surface area (Å²) < 4.78 is 7.48. The fourth-order valence-electron chi connectivity index (χ4n) is 4.16. The maximum Gasteiger partial charge on any atom is 0.349 e. The Bertz CT molecular complexity index is 1790. The molecule has 4 aromatic carbocycles. The van der Waals surface area contributed by atoms with Crippen LogP contribution in [0, 0.1) is 0 Å². The Morgan fingerprint density at radius 3 is 2.57 bits per heavy atom. The number of thiazole rings is 1. The van der Waals surface area contributed by atoms with E-state index in [4.69, 9.17) is 9.40 Å². The van der Waals surface area contributed by atoms with Gasteiger partial charge in [0.2, 0.25) is 0 Å². The minimum atomic E-state index is -0.667. The molecule has 2 heterocycles. The average Bonchev–Trinajstić information content (AvgIpc) is 3.30. The van der Waals surface area contributed by atoms with E-state index in [0.717, 1.165) is 36.4 Å². The molecule has 35 heavy (non-hydrogen) atoms. The van der Waals surface area contributed by atoms with Gasteiger partial charge in [-0.15, -0.1) is 0 Å². The first-order valence-electron chi connectivity index (χ1n) is 10.9. The van der Waals surface area contributed by atoms with Gasteiger partial charge in [-0.3, -0.25) is 9.69 Å². The summed E-state index contributed by atoms with van der Waals surface area (Å²) in [5, 5.41) is 3.16. The smallest absolute Gasteiger partial charge is 0.349 e. The van der Waals surface area contributed by atoms with Crippen molar-refractivity contribution in [2.75, 3.05) is 4.90 Å². The summed E-state index contributed by atoms with van der Waals surface area (Å²) in [6, 6.07) is 28.6. The summed E-state index contributed by atoms with van der Waals surface area (Å²) in [5.74, 6) is -0.449. The number of anilines is 1. The molecule has 0 aliphatic rings. The molecule has 7 heteroatoms. The quantitative estimate of drug-likeness (QED) is 0.175. The van der Waals surface area contributed by atoms with Crippen LogP contribution in [0.2, 0.25) is 0 Å². The lowest BCUT2D eigenvalue weighted by molar-refractivity contribution is 0.0981. The van der Waals surface area contributed by atoms with Gasteiger partial charge in [0.15, 0.2) is 5.13 Å². The minimum absolute atomic E-state index is 0.0229. The zero-order valence-corrected chi connectivity index (χ0v) is 20.7. The Morgan fingerprint density at radius 2 is 1.71 bits per heavy atom. The predicted molar refractivity (Wildman–Crippen MR) is 144 cm³/mol. The Morgan fingerprint density at radius 1 is 0.914 bits per heavy atom. The molecule has 6 aromatic rings. The standard InChI is InChI=1S/C28H17BrN2O3S/c29-19-11-12-23-25(14-19)35-28(30-23)31(16-17-6-2-1-3-7-17)26(32)22-15-21-20-9-5-4-8-18(20)10-13-24(21)34-27(22)33/h1-15H,16H2. The number of carbonyl (C=O) groups is 1. The van der Waals surface area contributed by atoms with E-state index in [1.54, 1.807) is 17.0 Å². The first-order valence-corrected chi connectivity index (χ1v) is 12.6. The molecule has 0 atom stereocenters. The van der Waals surface area contributed by atoms with Gasteiger partial charge < -0.3 is 4.42 Å². The second-order valence-corrected chi connectivity index (χ2v) is 10.1. The van der Waals surface area contributed by atoms with E-state index < -0.39 is 11.5 Å². The number of fused-ring (bicyclic) bond motifs is 4. The SMILES string of the molecule is O=C(c1cc2c(ccc3ccccc32)oc1=O)N(Cc1ccccc1)c1nc2ccc(Br)cc2s1. The lowest BCUT2D eigenvalue weighted by Crippen LogP contribution is -2.33. The molecule has 0 fully saturated rings. The molecule has 5 nitrogen and oxygen atoms in total. The van der Waals surface area contributed by atoms with E-state index in [2.05, 4.69) is 15.9 Å². The van der Waals surface area contributed by atoms with E-state index in [0.29, 0.717) is 10.7 Å². The van der Waals surface area contributed by atoms with Crippen molar-refractivity contribution in [2.24, 2.45) is 0 Å². The van der Waals surface area contributed by atoms with Gasteiger partial charge in [0.05, 0.1) is 16.8 Å². The van der Waals surface area contributed by atoms with Crippen LogP contribution in [0.4, 0.5) is 5.13 Å². The molecule has 0 N–H and O–H groups in total. The van der Waals surface area contributed by atoms with Crippen LogP contribution < -0.4 is 10.5 Å². The highest BCUT2D eigenvalue weighted by molar-refractivity contribution is 9.10. The van der Waals surface area contributed by atoms with Crippen molar-refractivity contribution >= 4 is 70.3 Å². The summed E-state index contributed by atoms with van der Waals surface area (Å²) >= 11 is 4.90. The van der Waals surface area contributed by atoms with Crippen molar-refractivity contribution in [1.82, 2.24) is 4.98 Å². The van der Waals surface area contributed by atoms with E-state index in [1.165, 1.54) is 11.3 Å². The van der Waals surface area contributed by atoms with Crippen LogP contribution in [-0.4, -0.2) is 10.9 Å². The Hall–Kier alpha value is -3.81. The number of hydrogen-bond acceptors (Lipinski definition) is 5. The molecule has 2 aromatic heterocycles. The first-order chi connectivity index (χ1) is 17.1. The molecule has 0 saturated heterocycles. The molecular formula is C28H17BrN2O3S. The summed E-state index contributed by atoms with van der Waals surface area (Å²) in [5.41, 5.74) is 1.47. The van der Waals surface area contributed by atoms with Gasteiger partial charge in [0.1, 0.15) is 11.1 Å². The summed E-state index contributed by atoms with van der Waals surface area (Å²) in [7, 11) is 0. The van der Waals surface area contributed by atoms with Crippen LogP contribution >= 0.6 is 27.3 Å². The Labute approximate surface area is 212 Å². The van der Waals surface area contributed by atoms with E-state index >= 15 is 0 Å². The second kappa shape index (κ2) is 8.76. The summed E-state index contributed by atoms with van der Waals surface area (Å²) in [6.07, 6.45) is 0. The van der Waals surface area contributed by atoms with Gasteiger partial charge >= 0.3 is 5.63 Å². The highest BCUT2D eigenvalue weighted by Gasteiger charge is 2.25. The van der Waals surface area contributed by atoms with Crippen LogP contribution in [0.25, 0.3) is 32.0 Å². The summed E-state index contributed by atoms with van der Waals surface area (Å²) in [6.45, 7) is 0.272. The molecule has 1 amide bonds. The third kappa shape index (κ3) is 4.03. The Balaban J connectivity index is 1.52. The highest BCUT2D eigenvalue weighted by Crippen LogP contribution is 2.33. The average molecular weight is 541 g/mol. The largest absolute Gasteiger partial charge is 0.422 e.